The van der Waals surface area contributed by atoms with Crippen LogP contribution in [0.3, 0.4) is 0 Å². The van der Waals surface area contributed by atoms with E-state index in [-0.39, 0.29) is 17.1 Å². The van der Waals surface area contributed by atoms with Crippen LogP contribution in [0.25, 0.3) is 28.2 Å². The zero-order valence-corrected chi connectivity index (χ0v) is 18.7. The van der Waals surface area contributed by atoms with Crippen LogP contribution in [0.5, 0.6) is 11.5 Å². The Bertz CT molecular complexity index is 1340. The zero-order valence-electron chi connectivity index (χ0n) is 18.7. The van der Waals surface area contributed by atoms with Crippen molar-refractivity contribution in [1.82, 2.24) is 19.9 Å². The molecule has 0 radical (unpaired) electrons. The summed E-state index contributed by atoms with van der Waals surface area (Å²) in [5.74, 6) is -0.235. The molecule has 0 bridgehead atoms. The molecule has 4 rings (SSSR count). The fourth-order valence-electron chi connectivity index (χ4n) is 3.48. The summed E-state index contributed by atoms with van der Waals surface area (Å²) < 4.78 is 56.6. The number of fused-ring (bicyclic) bond motifs is 1. The number of alkyl halides is 3. The predicted octanol–water partition coefficient (Wildman–Crippen LogP) is 4.66. The molecule has 0 aliphatic carbocycles. The maximum Gasteiger partial charge on any atom is 0.408 e. The first kappa shape index (κ1) is 23.1. The maximum absolute atomic E-state index is 12.9. The number of imidazole rings is 1. The van der Waals surface area contributed by atoms with Gasteiger partial charge in [0.05, 0.1) is 31.8 Å². The van der Waals surface area contributed by atoms with E-state index in [2.05, 4.69) is 10.1 Å². The Morgan fingerprint density at radius 2 is 1.79 bits per heavy atom. The van der Waals surface area contributed by atoms with Crippen molar-refractivity contribution in [2.24, 2.45) is 0 Å². The van der Waals surface area contributed by atoms with Crippen LogP contribution < -0.4 is 14.8 Å². The zero-order chi connectivity index (χ0) is 24.6. The first-order chi connectivity index (χ1) is 16.1. The summed E-state index contributed by atoms with van der Waals surface area (Å²) in [7, 11) is 2.64. The molecule has 0 spiro atoms. The van der Waals surface area contributed by atoms with E-state index < -0.39 is 18.1 Å². The number of hydrogen-bond acceptors (Lipinski definition) is 6. The fourth-order valence-corrected chi connectivity index (χ4v) is 3.48. The molecule has 1 aromatic carbocycles. The Kier molecular flexibility index (Phi) is 5.94. The monoisotopic (exact) mass is 474 g/mol. The second kappa shape index (κ2) is 8.73. The molecule has 4 aromatic rings. The Morgan fingerprint density at radius 1 is 1.12 bits per heavy atom. The molecule has 11 heteroatoms. The summed E-state index contributed by atoms with van der Waals surface area (Å²) >= 11 is 0. The van der Waals surface area contributed by atoms with Gasteiger partial charge in [-0.25, -0.2) is 4.98 Å². The number of nitrogens with one attached hydrogen (secondary N) is 1. The number of amides is 1. The number of carbonyl (C=O) groups is 1. The highest BCUT2D eigenvalue weighted by Gasteiger charge is 2.38. The predicted molar refractivity (Wildman–Crippen MR) is 117 cm³/mol. The average molecular weight is 474 g/mol. The molecule has 0 saturated carbocycles. The van der Waals surface area contributed by atoms with Crippen molar-refractivity contribution in [2.45, 2.75) is 26.1 Å². The molecule has 0 aliphatic rings. The first-order valence-corrected chi connectivity index (χ1v) is 10.2. The number of ether oxygens (including phenoxy) is 2. The molecule has 34 heavy (non-hydrogen) atoms. The lowest BCUT2D eigenvalue weighted by atomic mass is 10.1. The Balaban J connectivity index is 1.74. The van der Waals surface area contributed by atoms with Gasteiger partial charge in [0, 0.05) is 23.4 Å². The molecule has 0 fully saturated rings. The third-order valence-electron chi connectivity index (χ3n) is 5.29. The van der Waals surface area contributed by atoms with Gasteiger partial charge in [-0.1, -0.05) is 5.16 Å². The van der Waals surface area contributed by atoms with E-state index in [1.54, 1.807) is 24.5 Å². The highest BCUT2D eigenvalue weighted by Crippen LogP contribution is 2.36. The minimum Gasteiger partial charge on any atom is -0.496 e. The summed E-state index contributed by atoms with van der Waals surface area (Å²) in [6.45, 7) is 2.69. The van der Waals surface area contributed by atoms with Crippen LogP contribution in [0.1, 0.15) is 23.0 Å². The second-order valence-corrected chi connectivity index (χ2v) is 7.61. The van der Waals surface area contributed by atoms with Crippen molar-refractivity contribution in [3.63, 3.8) is 0 Å². The van der Waals surface area contributed by atoms with Crippen LogP contribution in [0.15, 0.2) is 47.2 Å². The molecular weight excluding hydrogens is 453 g/mol. The van der Waals surface area contributed by atoms with E-state index in [1.165, 1.54) is 14.2 Å². The number of halogens is 3. The van der Waals surface area contributed by atoms with Gasteiger partial charge in [0.15, 0.2) is 5.76 Å². The Hall–Kier alpha value is -4.02. The summed E-state index contributed by atoms with van der Waals surface area (Å²) in [5.41, 5.74) is 3.28. The van der Waals surface area contributed by atoms with Gasteiger partial charge in [0.1, 0.15) is 28.8 Å². The number of methoxy groups -OCH3 is 2. The average Bonchev–Trinajstić information content (AvgIpc) is 3.43. The lowest BCUT2D eigenvalue weighted by molar-refractivity contribution is -0.149. The maximum atomic E-state index is 12.9. The molecule has 0 unspecified atom stereocenters. The van der Waals surface area contributed by atoms with E-state index >= 15 is 0 Å². The van der Waals surface area contributed by atoms with Gasteiger partial charge in [-0.3, -0.25) is 9.20 Å². The number of carbonyl (C=O) groups excluding carboxylic acids is 1. The lowest BCUT2D eigenvalue weighted by Gasteiger charge is -2.20. The van der Waals surface area contributed by atoms with Crippen LogP contribution in [0, 0.1) is 6.92 Å². The van der Waals surface area contributed by atoms with Crippen LogP contribution >= 0.6 is 0 Å². The van der Waals surface area contributed by atoms with Gasteiger partial charge in [0.2, 0.25) is 0 Å². The van der Waals surface area contributed by atoms with Crippen molar-refractivity contribution < 1.29 is 32.0 Å². The van der Waals surface area contributed by atoms with Crippen molar-refractivity contribution in [1.29, 1.82) is 0 Å². The summed E-state index contributed by atoms with van der Waals surface area (Å²) in [5, 5.41) is 5.83. The van der Waals surface area contributed by atoms with E-state index in [9.17, 15) is 18.0 Å². The first-order valence-electron chi connectivity index (χ1n) is 10.2. The number of nitrogens with zero attached hydrogens (tertiary/aromatic N) is 3. The van der Waals surface area contributed by atoms with Gasteiger partial charge >= 0.3 is 6.18 Å². The van der Waals surface area contributed by atoms with Gasteiger partial charge in [-0.15, -0.1) is 0 Å². The van der Waals surface area contributed by atoms with Crippen LogP contribution in [-0.4, -0.2) is 46.9 Å². The van der Waals surface area contributed by atoms with E-state index in [4.69, 9.17) is 14.0 Å². The molecule has 8 nitrogen and oxygen atoms in total. The molecular formula is C23H21F3N4O4. The van der Waals surface area contributed by atoms with E-state index in [0.717, 1.165) is 18.2 Å². The van der Waals surface area contributed by atoms with Crippen molar-refractivity contribution in [3.05, 3.63) is 54.0 Å². The SMILES string of the molecule is COc1cc(-c2cnc3cc(-c4cc(C)no4)ccn23)cc(OC)c1C(=O)N[C@@H](C)C(F)(F)F. The van der Waals surface area contributed by atoms with Crippen LogP contribution in [0.2, 0.25) is 0 Å². The van der Waals surface area contributed by atoms with Crippen LogP contribution in [0.4, 0.5) is 13.2 Å². The molecule has 3 heterocycles. The second-order valence-electron chi connectivity index (χ2n) is 7.61. The summed E-state index contributed by atoms with van der Waals surface area (Å²) in [6, 6.07) is 6.54. The Morgan fingerprint density at radius 3 is 2.35 bits per heavy atom. The minimum atomic E-state index is -4.59. The van der Waals surface area contributed by atoms with Crippen molar-refractivity contribution in [3.8, 4) is 34.1 Å². The number of pyridine rings is 1. The van der Waals surface area contributed by atoms with Gasteiger partial charge < -0.3 is 19.3 Å². The molecule has 178 valence electrons. The molecule has 3 aromatic heterocycles. The number of aromatic nitrogens is 3. The number of benzene rings is 1. The molecule has 0 aliphatic heterocycles. The summed E-state index contributed by atoms with van der Waals surface area (Å²) in [6.07, 6.45) is -1.16. The number of hydrogen-bond donors (Lipinski definition) is 1. The van der Waals surface area contributed by atoms with E-state index in [0.29, 0.717) is 22.7 Å². The molecule has 1 atom stereocenters. The molecule has 0 saturated heterocycles. The third kappa shape index (κ3) is 4.28. The van der Waals surface area contributed by atoms with Crippen molar-refractivity contribution >= 4 is 11.6 Å². The fraction of sp³-hybridized carbons (Fsp3) is 0.261. The number of aryl methyl sites for hydroxylation is 1. The number of rotatable bonds is 6. The molecule has 1 N–H and O–H groups in total. The van der Waals surface area contributed by atoms with Gasteiger partial charge in [-0.05, 0) is 38.1 Å². The summed E-state index contributed by atoms with van der Waals surface area (Å²) in [4.78, 5) is 17.1. The van der Waals surface area contributed by atoms with Gasteiger partial charge in [-0.2, -0.15) is 13.2 Å². The smallest absolute Gasteiger partial charge is 0.408 e. The van der Waals surface area contributed by atoms with E-state index in [1.807, 2.05) is 34.8 Å². The quantitative estimate of drug-likeness (QED) is 0.437. The largest absolute Gasteiger partial charge is 0.496 e. The van der Waals surface area contributed by atoms with Crippen LogP contribution in [-0.2, 0) is 0 Å². The standard InChI is InChI=1S/C23H21F3N4O4/c1-12-7-17(34-29-12)14-5-6-30-16(11-27-20(30)10-14)15-8-18(32-3)21(19(9-15)33-4)22(31)28-13(2)23(24,25)26/h5-11,13H,1-4H3,(H,28,31)/t13-/m0/s1. The molecule has 1 amide bonds. The normalized spacial score (nSPS) is 12.6. The Labute approximate surface area is 192 Å². The lowest BCUT2D eigenvalue weighted by Crippen LogP contribution is -2.43. The third-order valence-corrected chi connectivity index (χ3v) is 5.29. The minimum absolute atomic E-state index is 0.0601. The highest BCUT2D eigenvalue weighted by atomic mass is 19.4. The topological polar surface area (TPSA) is 90.9 Å². The van der Waals surface area contributed by atoms with Crippen molar-refractivity contribution in [2.75, 3.05) is 14.2 Å². The van der Waals surface area contributed by atoms with Gasteiger partial charge in [0.25, 0.3) is 5.91 Å². The highest BCUT2D eigenvalue weighted by molar-refractivity contribution is 6.01.